The second-order valence-corrected chi connectivity index (χ2v) is 5.72. The zero-order valence-electron chi connectivity index (χ0n) is 11.8. The molecule has 1 spiro atoms. The third-order valence-electron chi connectivity index (χ3n) is 4.74. The number of nitriles is 2. The zero-order valence-corrected chi connectivity index (χ0v) is 11.8. The molecule has 22 heavy (non-hydrogen) atoms. The second kappa shape index (κ2) is 4.20. The Kier molecular flexibility index (Phi) is 2.41. The van der Waals surface area contributed by atoms with Gasteiger partial charge >= 0.3 is 0 Å². The van der Waals surface area contributed by atoms with Gasteiger partial charge in [0.2, 0.25) is 0 Å². The first kappa shape index (κ1) is 12.6. The van der Waals surface area contributed by atoms with Crippen LogP contribution in [-0.2, 0) is 0 Å². The quantitative estimate of drug-likeness (QED) is 0.732. The lowest BCUT2D eigenvalue weighted by atomic mass is 9.53. The molecule has 0 aromatic heterocycles. The van der Waals surface area contributed by atoms with Crippen LogP contribution in [0.4, 0.5) is 0 Å². The lowest BCUT2D eigenvalue weighted by Crippen LogP contribution is -2.47. The van der Waals surface area contributed by atoms with Gasteiger partial charge in [-0.3, -0.25) is 0 Å². The van der Waals surface area contributed by atoms with Gasteiger partial charge in [0, 0.05) is 0 Å². The molecule has 1 aromatic carbocycles. The summed E-state index contributed by atoms with van der Waals surface area (Å²) in [5, 5.41) is 21.8. The zero-order chi connectivity index (χ0) is 15.2. The van der Waals surface area contributed by atoms with E-state index in [9.17, 15) is 10.5 Å². The van der Waals surface area contributed by atoms with E-state index >= 15 is 0 Å². The van der Waals surface area contributed by atoms with Gasteiger partial charge in [-0.1, -0.05) is 60.7 Å². The van der Waals surface area contributed by atoms with Crippen LogP contribution in [0, 0.1) is 33.5 Å². The monoisotopic (exact) mass is 280 g/mol. The fourth-order valence-electron chi connectivity index (χ4n) is 3.65. The van der Waals surface area contributed by atoms with Gasteiger partial charge in [-0.05, 0) is 33.7 Å². The van der Waals surface area contributed by atoms with E-state index in [-0.39, 0.29) is 0 Å². The molecule has 102 valence electrons. The lowest BCUT2D eigenvalue weighted by molar-refractivity contribution is 0.418. The van der Waals surface area contributed by atoms with E-state index in [2.05, 4.69) is 30.4 Å². The largest absolute Gasteiger partial charge is 0.196 e. The van der Waals surface area contributed by atoms with E-state index in [1.165, 1.54) is 0 Å². The fraction of sp³-hybridized carbons (Fsp3) is 0.100. The first-order chi connectivity index (χ1) is 10.8. The van der Waals surface area contributed by atoms with E-state index in [1.807, 2.05) is 48.6 Å². The Balaban J connectivity index is 2.18. The third-order valence-corrected chi connectivity index (χ3v) is 4.74. The van der Waals surface area contributed by atoms with Crippen LogP contribution in [0.3, 0.4) is 0 Å². The molecule has 0 saturated heterocycles. The van der Waals surface area contributed by atoms with Crippen molar-refractivity contribution in [2.75, 3.05) is 0 Å². The van der Waals surface area contributed by atoms with E-state index in [0.29, 0.717) is 0 Å². The third kappa shape index (κ3) is 1.32. The van der Waals surface area contributed by atoms with Gasteiger partial charge < -0.3 is 0 Å². The van der Waals surface area contributed by atoms with E-state index in [0.717, 1.165) is 21.6 Å². The Bertz CT molecular complexity index is 989. The Morgan fingerprint density at radius 3 is 2.36 bits per heavy atom. The summed E-state index contributed by atoms with van der Waals surface area (Å²) in [7, 11) is 0. The van der Waals surface area contributed by atoms with Crippen molar-refractivity contribution in [3.8, 4) is 12.1 Å². The predicted molar refractivity (Wildman–Crippen MR) is 85.2 cm³/mol. The van der Waals surface area contributed by atoms with Gasteiger partial charge in [-0.25, -0.2) is 0 Å². The Labute approximate surface area is 128 Å². The van der Waals surface area contributed by atoms with Crippen LogP contribution < -0.4 is 10.4 Å². The molecule has 0 heterocycles. The van der Waals surface area contributed by atoms with Crippen LogP contribution in [0.5, 0.6) is 0 Å². The molecular formula is C20H12N2. The van der Waals surface area contributed by atoms with Crippen LogP contribution in [0.25, 0.3) is 12.2 Å². The Hall–Kier alpha value is -3.10. The van der Waals surface area contributed by atoms with Crippen LogP contribution in [-0.4, -0.2) is 0 Å². The molecule has 0 N–H and O–H groups in total. The Morgan fingerprint density at radius 1 is 0.864 bits per heavy atom. The highest BCUT2D eigenvalue weighted by atomic mass is 14.6. The summed E-state index contributed by atoms with van der Waals surface area (Å²) in [5.74, 6) is 0. The molecule has 0 fully saturated rings. The fourth-order valence-corrected chi connectivity index (χ4v) is 3.65. The van der Waals surface area contributed by atoms with Crippen molar-refractivity contribution in [1.29, 1.82) is 10.5 Å². The number of benzene rings is 1. The molecule has 1 atom stereocenters. The number of fused-ring (bicyclic) bond motifs is 1. The molecule has 2 heteroatoms. The normalized spacial score (nSPS) is 25.7. The summed E-state index contributed by atoms with van der Waals surface area (Å²) in [6, 6.07) is 12.6. The van der Waals surface area contributed by atoms with E-state index in [1.54, 1.807) is 6.08 Å². The molecule has 1 unspecified atom stereocenters. The molecule has 1 aromatic rings. The van der Waals surface area contributed by atoms with Crippen molar-refractivity contribution in [1.82, 2.24) is 0 Å². The van der Waals surface area contributed by atoms with Gasteiger partial charge in [0.05, 0.1) is 17.6 Å². The number of hydrogen-bond acceptors (Lipinski definition) is 2. The van der Waals surface area contributed by atoms with Crippen LogP contribution in [0.2, 0.25) is 0 Å². The molecule has 0 amide bonds. The molecule has 0 saturated carbocycles. The molecule has 0 radical (unpaired) electrons. The summed E-state index contributed by atoms with van der Waals surface area (Å²) < 4.78 is 0. The maximum absolute atomic E-state index is 9.83. The number of allylic oxidation sites excluding steroid dienone is 8. The number of nitrogens with zero attached hydrogens (tertiary/aromatic N) is 2. The minimum Gasteiger partial charge on any atom is -0.196 e. The van der Waals surface area contributed by atoms with Gasteiger partial charge in [-0.15, -0.1) is 0 Å². The van der Waals surface area contributed by atoms with Crippen molar-refractivity contribution in [2.45, 2.75) is 0 Å². The summed E-state index contributed by atoms with van der Waals surface area (Å²) in [6.07, 6.45) is 15.7. The molecule has 0 aliphatic heterocycles. The van der Waals surface area contributed by atoms with Gasteiger partial charge in [0.25, 0.3) is 0 Å². The summed E-state index contributed by atoms with van der Waals surface area (Å²) in [6.45, 7) is 0. The second-order valence-electron chi connectivity index (χ2n) is 5.72. The van der Waals surface area contributed by atoms with Crippen molar-refractivity contribution in [3.63, 3.8) is 0 Å². The first-order valence-corrected chi connectivity index (χ1v) is 7.17. The van der Waals surface area contributed by atoms with Crippen LogP contribution >= 0.6 is 0 Å². The van der Waals surface area contributed by atoms with Crippen molar-refractivity contribution >= 4 is 12.2 Å². The first-order valence-electron chi connectivity index (χ1n) is 7.17. The summed E-state index contributed by atoms with van der Waals surface area (Å²) in [4.78, 5) is 0. The van der Waals surface area contributed by atoms with Gasteiger partial charge in [0.1, 0.15) is 0 Å². The van der Waals surface area contributed by atoms with Crippen LogP contribution in [0.15, 0.2) is 71.9 Å². The highest BCUT2D eigenvalue weighted by Gasteiger charge is 2.55. The average Bonchev–Trinajstić information content (AvgIpc) is 2.57. The van der Waals surface area contributed by atoms with Crippen molar-refractivity contribution in [2.24, 2.45) is 10.8 Å². The minimum absolute atomic E-state index is 0.728. The highest BCUT2D eigenvalue weighted by Crippen LogP contribution is 2.57. The topological polar surface area (TPSA) is 47.6 Å². The van der Waals surface area contributed by atoms with Gasteiger partial charge in [-0.2, -0.15) is 10.5 Å². The molecule has 2 nitrogen and oxygen atoms in total. The lowest BCUT2D eigenvalue weighted by Gasteiger charge is -2.45. The maximum atomic E-state index is 9.83. The maximum Gasteiger partial charge on any atom is 0.179 e. The number of rotatable bonds is 0. The predicted octanol–water partition coefficient (Wildman–Crippen LogP) is 2.27. The smallest absolute Gasteiger partial charge is 0.179 e. The molecule has 0 bridgehead atoms. The van der Waals surface area contributed by atoms with Crippen molar-refractivity contribution in [3.05, 3.63) is 82.3 Å². The van der Waals surface area contributed by atoms with Crippen molar-refractivity contribution < 1.29 is 0 Å². The molecular weight excluding hydrogens is 268 g/mol. The molecule has 3 aliphatic carbocycles. The highest BCUT2D eigenvalue weighted by molar-refractivity contribution is 5.76. The van der Waals surface area contributed by atoms with E-state index in [4.69, 9.17) is 0 Å². The summed E-state index contributed by atoms with van der Waals surface area (Å²) >= 11 is 0. The SMILES string of the molecule is N#CC1(C#N)C=CC=C2C=CC=C3C=c4ccccc4=CC231. The van der Waals surface area contributed by atoms with Gasteiger partial charge in [0.15, 0.2) is 5.41 Å². The summed E-state index contributed by atoms with van der Waals surface area (Å²) in [5.41, 5.74) is 0.0280. The van der Waals surface area contributed by atoms with E-state index < -0.39 is 10.8 Å². The van der Waals surface area contributed by atoms with Crippen LogP contribution in [0.1, 0.15) is 0 Å². The number of hydrogen-bond donors (Lipinski definition) is 0. The minimum atomic E-state index is -1.22. The average molecular weight is 280 g/mol. The Morgan fingerprint density at radius 2 is 1.59 bits per heavy atom. The molecule has 3 aliphatic rings. The standard InChI is InChI=1S/C20H12N2/c21-13-19(14-22)10-4-9-17-7-3-8-18-11-15-5-1-2-6-16(15)12-20(17,18)19/h1-12H. The molecule has 4 rings (SSSR count).